The predicted molar refractivity (Wildman–Crippen MR) is 67.0 cm³/mol. The molecule has 1 fully saturated rings. The third kappa shape index (κ3) is 3.57. The van der Waals surface area contributed by atoms with E-state index in [2.05, 4.69) is 15.5 Å². The number of anilines is 1. The van der Waals surface area contributed by atoms with E-state index in [0.29, 0.717) is 0 Å². The van der Waals surface area contributed by atoms with E-state index in [-0.39, 0.29) is 0 Å². The fourth-order valence-electron chi connectivity index (χ4n) is 2.16. The maximum Gasteiger partial charge on any atom is 0.204 e. The van der Waals surface area contributed by atoms with Gasteiger partial charge in [-0.3, -0.25) is 5.10 Å². The lowest BCUT2D eigenvalue weighted by Gasteiger charge is -2.21. The molecule has 0 amide bonds. The highest BCUT2D eigenvalue weighted by atomic mass is 32.1. The molecule has 0 aromatic carbocycles. The van der Waals surface area contributed by atoms with Crippen LogP contribution in [0.1, 0.15) is 38.5 Å². The number of nitrogens with one attached hydrogen (secondary N) is 2. The van der Waals surface area contributed by atoms with Gasteiger partial charge < -0.3 is 5.32 Å². The predicted octanol–water partition coefficient (Wildman–Crippen LogP) is 3.58. The lowest BCUT2D eigenvalue weighted by molar-refractivity contribution is 0.345. The second kappa shape index (κ2) is 5.61. The molecule has 0 bridgehead atoms. The highest BCUT2D eigenvalue weighted by Gasteiger charge is 2.12. The molecular formula is C10H17N3S2. The summed E-state index contributed by atoms with van der Waals surface area (Å²) in [6.07, 6.45) is 8.38. The Morgan fingerprint density at radius 3 is 2.87 bits per heavy atom. The smallest absolute Gasteiger partial charge is 0.204 e. The van der Waals surface area contributed by atoms with Crippen LogP contribution in [0.3, 0.4) is 0 Å². The summed E-state index contributed by atoms with van der Waals surface area (Å²) in [6, 6.07) is 0. The van der Waals surface area contributed by atoms with E-state index >= 15 is 0 Å². The average Bonchev–Trinajstić information content (AvgIpc) is 2.66. The van der Waals surface area contributed by atoms with Crippen LogP contribution in [0, 0.1) is 9.87 Å². The first-order valence-electron chi connectivity index (χ1n) is 5.64. The summed E-state index contributed by atoms with van der Waals surface area (Å²) in [5.41, 5.74) is 0. The largest absolute Gasteiger partial charge is 0.360 e. The summed E-state index contributed by atoms with van der Waals surface area (Å²) < 4.78 is 0.746. The molecule has 0 atom stereocenters. The van der Waals surface area contributed by atoms with Gasteiger partial charge in [0.2, 0.25) is 5.13 Å². The molecule has 5 heteroatoms. The van der Waals surface area contributed by atoms with E-state index in [9.17, 15) is 0 Å². The maximum atomic E-state index is 4.97. The molecule has 1 aliphatic carbocycles. The van der Waals surface area contributed by atoms with E-state index in [1.807, 2.05) is 0 Å². The van der Waals surface area contributed by atoms with E-state index in [1.165, 1.54) is 49.9 Å². The summed E-state index contributed by atoms with van der Waals surface area (Å²) in [5, 5.41) is 11.1. The maximum absolute atomic E-state index is 4.97. The molecule has 84 valence electrons. The Bertz CT molecular complexity index is 338. The van der Waals surface area contributed by atoms with Crippen molar-refractivity contribution in [2.24, 2.45) is 5.92 Å². The minimum absolute atomic E-state index is 0.746. The van der Waals surface area contributed by atoms with Crippen molar-refractivity contribution in [2.75, 3.05) is 11.9 Å². The lowest BCUT2D eigenvalue weighted by atomic mass is 9.87. The van der Waals surface area contributed by atoms with Crippen LogP contribution in [0.5, 0.6) is 0 Å². The van der Waals surface area contributed by atoms with Gasteiger partial charge in [-0.15, -0.1) is 5.10 Å². The van der Waals surface area contributed by atoms with Gasteiger partial charge >= 0.3 is 0 Å². The fourth-order valence-corrected chi connectivity index (χ4v) is 2.98. The first kappa shape index (κ1) is 11.1. The quantitative estimate of drug-likeness (QED) is 0.794. The number of hydrogen-bond donors (Lipinski definition) is 2. The Morgan fingerprint density at radius 1 is 1.40 bits per heavy atom. The lowest BCUT2D eigenvalue weighted by Crippen LogP contribution is -2.12. The first-order valence-corrected chi connectivity index (χ1v) is 6.86. The first-order chi connectivity index (χ1) is 7.34. The Balaban J connectivity index is 1.68. The van der Waals surface area contributed by atoms with Crippen molar-refractivity contribution in [3.05, 3.63) is 3.95 Å². The minimum Gasteiger partial charge on any atom is -0.360 e. The molecule has 0 radical (unpaired) electrons. The highest BCUT2D eigenvalue weighted by molar-refractivity contribution is 7.73. The molecule has 1 aromatic heterocycles. The molecule has 0 aliphatic heterocycles. The molecule has 2 rings (SSSR count). The third-order valence-corrected chi connectivity index (χ3v) is 4.04. The SMILES string of the molecule is S=c1[nH]nc(NCCC2CCCCC2)s1. The molecule has 1 saturated carbocycles. The van der Waals surface area contributed by atoms with Crippen molar-refractivity contribution < 1.29 is 0 Å². The summed E-state index contributed by atoms with van der Waals surface area (Å²) in [4.78, 5) is 0. The van der Waals surface area contributed by atoms with E-state index in [1.54, 1.807) is 0 Å². The zero-order valence-electron chi connectivity index (χ0n) is 8.79. The van der Waals surface area contributed by atoms with Gasteiger partial charge in [0.15, 0.2) is 3.95 Å². The third-order valence-electron chi connectivity index (χ3n) is 2.99. The second-order valence-electron chi connectivity index (χ2n) is 4.14. The number of nitrogens with zero attached hydrogens (tertiary/aromatic N) is 1. The van der Waals surface area contributed by atoms with E-state index < -0.39 is 0 Å². The van der Waals surface area contributed by atoms with E-state index in [4.69, 9.17) is 12.2 Å². The van der Waals surface area contributed by atoms with Crippen LogP contribution in [-0.4, -0.2) is 16.7 Å². The van der Waals surface area contributed by atoms with Crippen LogP contribution in [0.2, 0.25) is 0 Å². The van der Waals surface area contributed by atoms with Crippen molar-refractivity contribution in [3.63, 3.8) is 0 Å². The average molecular weight is 243 g/mol. The van der Waals surface area contributed by atoms with Gasteiger partial charge in [0.25, 0.3) is 0 Å². The zero-order valence-corrected chi connectivity index (χ0v) is 10.4. The standard InChI is InChI=1S/C10H17N3S2/c14-10-13-12-9(15-10)11-7-6-8-4-2-1-3-5-8/h8H,1-7H2,(H,11,12)(H,13,14). The minimum atomic E-state index is 0.746. The van der Waals surface area contributed by atoms with Crippen molar-refractivity contribution in [3.8, 4) is 0 Å². The number of H-pyrrole nitrogens is 1. The summed E-state index contributed by atoms with van der Waals surface area (Å²) in [6.45, 7) is 1.03. The van der Waals surface area contributed by atoms with Crippen LogP contribution in [0.25, 0.3) is 0 Å². The molecule has 15 heavy (non-hydrogen) atoms. The second-order valence-corrected chi connectivity index (χ2v) is 5.80. The van der Waals surface area contributed by atoms with Gasteiger partial charge in [0, 0.05) is 6.54 Å². The van der Waals surface area contributed by atoms with Crippen LogP contribution >= 0.6 is 23.6 Å². The van der Waals surface area contributed by atoms with Gasteiger partial charge in [-0.05, 0) is 24.6 Å². The van der Waals surface area contributed by atoms with Crippen LogP contribution in [-0.2, 0) is 0 Å². The molecule has 2 N–H and O–H groups in total. The number of aromatic amines is 1. The van der Waals surface area contributed by atoms with E-state index in [0.717, 1.165) is 21.5 Å². The van der Waals surface area contributed by atoms with Gasteiger partial charge in [0.05, 0.1) is 0 Å². The van der Waals surface area contributed by atoms with Crippen LogP contribution in [0.15, 0.2) is 0 Å². The van der Waals surface area contributed by atoms with Crippen molar-refractivity contribution in [1.29, 1.82) is 0 Å². The summed E-state index contributed by atoms with van der Waals surface area (Å²) >= 11 is 6.48. The number of rotatable bonds is 4. The number of aromatic nitrogens is 2. The Morgan fingerprint density at radius 2 is 2.20 bits per heavy atom. The van der Waals surface area contributed by atoms with Gasteiger partial charge in [-0.2, -0.15) is 0 Å². The molecule has 0 saturated heterocycles. The van der Waals surface area contributed by atoms with Gasteiger partial charge in [-0.1, -0.05) is 43.4 Å². The zero-order chi connectivity index (χ0) is 10.5. The highest BCUT2D eigenvalue weighted by Crippen LogP contribution is 2.26. The van der Waals surface area contributed by atoms with Crippen LogP contribution in [0.4, 0.5) is 5.13 Å². The Kier molecular flexibility index (Phi) is 4.14. The van der Waals surface area contributed by atoms with Gasteiger partial charge in [0.1, 0.15) is 0 Å². The molecule has 0 unspecified atom stereocenters. The molecule has 1 heterocycles. The normalized spacial score (nSPS) is 17.9. The summed E-state index contributed by atoms with van der Waals surface area (Å²) in [7, 11) is 0. The summed E-state index contributed by atoms with van der Waals surface area (Å²) in [5.74, 6) is 0.929. The Labute approximate surface area is 99.3 Å². The fraction of sp³-hybridized carbons (Fsp3) is 0.800. The molecule has 0 spiro atoms. The monoisotopic (exact) mass is 243 g/mol. The van der Waals surface area contributed by atoms with Crippen molar-refractivity contribution in [1.82, 2.24) is 10.2 Å². The number of hydrogen-bond acceptors (Lipinski definition) is 4. The van der Waals surface area contributed by atoms with Gasteiger partial charge in [-0.25, -0.2) is 0 Å². The molecule has 1 aromatic rings. The molecule has 1 aliphatic rings. The molecular weight excluding hydrogens is 226 g/mol. The van der Waals surface area contributed by atoms with Crippen molar-refractivity contribution in [2.45, 2.75) is 38.5 Å². The Hall–Kier alpha value is -0.420. The topological polar surface area (TPSA) is 40.7 Å². The van der Waals surface area contributed by atoms with Crippen molar-refractivity contribution >= 4 is 28.7 Å². The van der Waals surface area contributed by atoms with Crippen LogP contribution < -0.4 is 5.32 Å². The molecule has 3 nitrogen and oxygen atoms in total.